The van der Waals surface area contributed by atoms with Crippen LogP contribution >= 0.6 is 0 Å². The van der Waals surface area contributed by atoms with Crippen molar-refractivity contribution in [2.24, 2.45) is 13.0 Å². The molecule has 4 heterocycles. The van der Waals surface area contributed by atoms with Crippen LogP contribution in [-0.4, -0.2) is 59.7 Å². The Hall–Kier alpha value is -2.05. The number of ether oxygens (including phenoxy) is 2. The van der Waals surface area contributed by atoms with E-state index >= 15 is 0 Å². The number of benzene rings is 1. The van der Waals surface area contributed by atoms with Gasteiger partial charge in [-0.05, 0) is 49.6 Å². The smallest absolute Gasteiger partial charge is 0.161 e. The number of hydrogen-bond donors (Lipinski definition) is 1. The summed E-state index contributed by atoms with van der Waals surface area (Å²) in [7, 11) is 5.32. The molecule has 1 N–H and O–H groups in total. The average Bonchev–Trinajstić information content (AvgIpc) is 3.09. The lowest BCUT2D eigenvalue weighted by atomic mass is 9.74. The first-order valence-electron chi connectivity index (χ1n) is 9.25. The van der Waals surface area contributed by atoms with E-state index in [2.05, 4.69) is 11.0 Å². The lowest BCUT2D eigenvalue weighted by Crippen LogP contribution is -2.53. The van der Waals surface area contributed by atoms with Gasteiger partial charge in [0.2, 0.25) is 0 Å². The van der Waals surface area contributed by atoms with Crippen LogP contribution in [0, 0.1) is 5.92 Å². The molecule has 0 radical (unpaired) electrons. The molecule has 1 aromatic heterocycles. The van der Waals surface area contributed by atoms with Crippen molar-refractivity contribution in [3.8, 4) is 22.8 Å². The summed E-state index contributed by atoms with van der Waals surface area (Å²) < 4.78 is 12.8. The molecule has 6 heteroatoms. The third-order valence-corrected chi connectivity index (χ3v) is 6.06. The minimum atomic E-state index is 0.269. The van der Waals surface area contributed by atoms with Gasteiger partial charge in [-0.1, -0.05) is 0 Å². The Labute approximate surface area is 154 Å². The van der Waals surface area contributed by atoms with Crippen LogP contribution in [0.4, 0.5) is 0 Å². The molecule has 0 amide bonds. The summed E-state index contributed by atoms with van der Waals surface area (Å²) >= 11 is 0. The Bertz CT molecular complexity index is 789. The first kappa shape index (κ1) is 17.4. The molecular weight excluding hydrogens is 330 g/mol. The van der Waals surface area contributed by atoms with Gasteiger partial charge in [-0.2, -0.15) is 5.10 Å². The maximum atomic E-state index is 9.59. The summed E-state index contributed by atoms with van der Waals surface area (Å²) in [5.74, 6) is 2.55. The summed E-state index contributed by atoms with van der Waals surface area (Å²) in [5, 5.41) is 14.4. The standard InChI is InChI=1S/C20H27N3O3/c1-22-18(16-11-23-7-6-13(16)8-15(23)12-24)10-17(21-22)14-4-5-19(25-2)20(9-14)26-3/h4-5,9-10,13,15-16,24H,6-8,11-12H2,1-3H3/t13-,15+,16-/m0/s1. The highest BCUT2D eigenvalue weighted by atomic mass is 16.5. The van der Waals surface area contributed by atoms with Crippen molar-refractivity contribution < 1.29 is 14.6 Å². The molecule has 140 valence electrons. The van der Waals surface area contributed by atoms with Crippen LogP contribution in [0.15, 0.2) is 24.3 Å². The van der Waals surface area contributed by atoms with Gasteiger partial charge >= 0.3 is 0 Å². The zero-order chi connectivity index (χ0) is 18.3. The van der Waals surface area contributed by atoms with Crippen LogP contribution in [0.5, 0.6) is 11.5 Å². The predicted octanol–water partition coefficient (Wildman–Crippen LogP) is 2.27. The van der Waals surface area contributed by atoms with Gasteiger partial charge in [-0.3, -0.25) is 9.58 Å². The molecule has 0 aliphatic carbocycles. The van der Waals surface area contributed by atoms with Crippen molar-refractivity contribution in [2.45, 2.75) is 24.8 Å². The number of aryl methyl sites for hydroxylation is 1. The molecule has 5 rings (SSSR count). The van der Waals surface area contributed by atoms with E-state index in [4.69, 9.17) is 14.6 Å². The van der Waals surface area contributed by atoms with Crippen LogP contribution in [0.1, 0.15) is 24.5 Å². The molecule has 3 aliphatic rings. The summed E-state index contributed by atoms with van der Waals surface area (Å²) in [5.41, 5.74) is 3.26. The van der Waals surface area contributed by atoms with Gasteiger partial charge < -0.3 is 14.6 Å². The van der Waals surface area contributed by atoms with Gasteiger partial charge in [-0.15, -0.1) is 0 Å². The Morgan fingerprint density at radius 3 is 2.65 bits per heavy atom. The number of piperidine rings is 3. The Morgan fingerprint density at radius 1 is 1.19 bits per heavy atom. The number of rotatable bonds is 5. The molecule has 3 fully saturated rings. The van der Waals surface area contributed by atoms with Crippen molar-refractivity contribution in [3.63, 3.8) is 0 Å². The molecule has 1 aromatic carbocycles. The molecule has 0 saturated carbocycles. The van der Waals surface area contributed by atoms with Gasteiger partial charge in [0, 0.05) is 36.8 Å². The van der Waals surface area contributed by atoms with E-state index < -0.39 is 0 Å². The molecule has 4 atom stereocenters. The second kappa shape index (κ2) is 6.93. The van der Waals surface area contributed by atoms with E-state index in [-0.39, 0.29) is 6.61 Å². The Morgan fingerprint density at radius 2 is 2.00 bits per heavy atom. The minimum absolute atomic E-state index is 0.269. The molecule has 26 heavy (non-hydrogen) atoms. The highest BCUT2D eigenvalue weighted by molar-refractivity contribution is 5.64. The van der Waals surface area contributed by atoms with E-state index in [0.717, 1.165) is 36.5 Å². The zero-order valence-electron chi connectivity index (χ0n) is 15.7. The monoisotopic (exact) mass is 357 g/mol. The lowest BCUT2D eigenvalue weighted by Gasteiger charge is -2.49. The number of methoxy groups -OCH3 is 2. The molecule has 3 saturated heterocycles. The molecule has 0 spiro atoms. The maximum Gasteiger partial charge on any atom is 0.161 e. The van der Waals surface area contributed by atoms with Gasteiger partial charge in [0.05, 0.1) is 26.5 Å². The molecule has 6 nitrogen and oxygen atoms in total. The van der Waals surface area contributed by atoms with Gasteiger partial charge in [-0.25, -0.2) is 0 Å². The molecule has 3 aliphatic heterocycles. The third-order valence-electron chi connectivity index (χ3n) is 6.06. The summed E-state index contributed by atoms with van der Waals surface area (Å²) in [6, 6.07) is 8.46. The average molecular weight is 357 g/mol. The largest absolute Gasteiger partial charge is 0.493 e. The molecular formula is C20H27N3O3. The number of aliphatic hydroxyl groups excluding tert-OH is 1. The second-order valence-electron chi connectivity index (χ2n) is 7.37. The van der Waals surface area contributed by atoms with Crippen molar-refractivity contribution in [1.29, 1.82) is 0 Å². The van der Waals surface area contributed by atoms with Crippen molar-refractivity contribution >= 4 is 0 Å². The van der Waals surface area contributed by atoms with E-state index in [0.29, 0.717) is 23.6 Å². The predicted molar refractivity (Wildman–Crippen MR) is 99.7 cm³/mol. The fourth-order valence-electron chi connectivity index (χ4n) is 4.63. The van der Waals surface area contributed by atoms with Crippen molar-refractivity contribution in [2.75, 3.05) is 33.9 Å². The minimum Gasteiger partial charge on any atom is -0.493 e. The fourth-order valence-corrected chi connectivity index (χ4v) is 4.63. The lowest BCUT2D eigenvalue weighted by molar-refractivity contribution is 0.00105. The van der Waals surface area contributed by atoms with Crippen molar-refractivity contribution in [1.82, 2.24) is 14.7 Å². The van der Waals surface area contributed by atoms with Crippen LogP contribution in [0.2, 0.25) is 0 Å². The number of aromatic nitrogens is 2. The summed E-state index contributed by atoms with van der Waals surface area (Å²) in [4.78, 5) is 2.44. The van der Waals surface area contributed by atoms with E-state index in [1.54, 1.807) is 14.2 Å². The van der Waals surface area contributed by atoms with Crippen LogP contribution in [0.25, 0.3) is 11.3 Å². The first-order chi connectivity index (χ1) is 12.6. The van der Waals surface area contributed by atoms with E-state index in [1.807, 2.05) is 29.9 Å². The quantitative estimate of drug-likeness (QED) is 0.890. The summed E-state index contributed by atoms with van der Waals surface area (Å²) in [6.07, 6.45) is 2.29. The Kier molecular flexibility index (Phi) is 4.63. The van der Waals surface area contributed by atoms with Gasteiger partial charge in [0.15, 0.2) is 11.5 Å². The highest BCUT2D eigenvalue weighted by Crippen LogP contribution is 2.42. The van der Waals surface area contributed by atoms with Crippen LogP contribution < -0.4 is 9.47 Å². The highest BCUT2D eigenvalue weighted by Gasteiger charge is 2.41. The number of aliphatic hydroxyl groups is 1. The molecule has 2 bridgehead atoms. The van der Waals surface area contributed by atoms with Crippen LogP contribution in [-0.2, 0) is 7.05 Å². The molecule has 1 unspecified atom stereocenters. The normalized spacial score (nSPS) is 27.5. The fraction of sp³-hybridized carbons (Fsp3) is 0.550. The van der Waals surface area contributed by atoms with E-state index in [1.165, 1.54) is 12.1 Å². The first-order valence-corrected chi connectivity index (χ1v) is 9.25. The van der Waals surface area contributed by atoms with Crippen LogP contribution in [0.3, 0.4) is 0 Å². The maximum absolute atomic E-state index is 9.59. The molecule has 2 aromatic rings. The van der Waals surface area contributed by atoms with Crippen molar-refractivity contribution in [3.05, 3.63) is 30.0 Å². The number of nitrogens with zero attached hydrogens (tertiary/aromatic N) is 3. The van der Waals surface area contributed by atoms with Gasteiger partial charge in [0.25, 0.3) is 0 Å². The second-order valence-corrected chi connectivity index (χ2v) is 7.37. The third kappa shape index (κ3) is 2.87. The van der Waals surface area contributed by atoms with Gasteiger partial charge in [0.1, 0.15) is 0 Å². The zero-order valence-corrected chi connectivity index (χ0v) is 15.7. The van der Waals surface area contributed by atoms with E-state index in [9.17, 15) is 5.11 Å². The Balaban J connectivity index is 1.63. The number of fused-ring (bicyclic) bond motifs is 3. The SMILES string of the molecule is COc1ccc(-c2cc([C@H]3CN4CC[C@H]3C[C@@H]4CO)n(C)n2)cc1OC. The number of hydrogen-bond acceptors (Lipinski definition) is 5. The topological polar surface area (TPSA) is 59.8 Å². The summed E-state index contributed by atoms with van der Waals surface area (Å²) in [6.45, 7) is 2.39.